The van der Waals surface area contributed by atoms with Crippen molar-refractivity contribution in [2.24, 2.45) is 10.2 Å². The average molecular weight is 333 g/mol. The molecule has 1 aliphatic heterocycles. The molecule has 122 valence electrons. The van der Waals surface area contributed by atoms with Crippen LogP contribution in [0.5, 0.6) is 0 Å². The monoisotopic (exact) mass is 333 g/mol. The highest BCUT2D eigenvalue weighted by atomic mass is 19.4. The van der Waals surface area contributed by atoms with E-state index in [-0.39, 0.29) is 11.1 Å². The predicted molar refractivity (Wildman–Crippen MR) is 81.1 cm³/mol. The molecule has 5 nitrogen and oxygen atoms in total. The van der Waals surface area contributed by atoms with Crippen LogP contribution in [-0.2, 0) is 5.66 Å². The summed E-state index contributed by atoms with van der Waals surface area (Å²) in [6.45, 7) is 0. The summed E-state index contributed by atoms with van der Waals surface area (Å²) in [5.74, 6) is 0. The van der Waals surface area contributed by atoms with E-state index in [0.29, 0.717) is 0 Å². The zero-order valence-electron chi connectivity index (χ0n) is 12.1. The van der Waals surface area contributed by atoms with Crippen LogP contribution in [0.3, 0.4) is 0 Å². The lowest BCUT2D eigenvalue weighted by Gasteiger charge is -2.16. The van der Waals surface area contributed by atoms with Crippen LogP contribution in [0.4, 0.5) is 18.9 Å². The molecule has 0 N–H and O–H groups in total. The third-order valence-electron chi connectivity index (χ3n) is 3.57. The highest BCUT2D eigenvalue weighted by Crippen LogP contribution is 2.54. The molecule has 0 bridgehead atoms. The van der Waals surface area contributed by atoms with Gasteiger partial charge in [0.05, 0.1) is 4.92 Å². The summed E-state index contributed by atoms with van der Waals surface area (Å²) in [5, 5.41) is 17.2. The molecular weight excluding hydrogens is 323 g/mol. The molecule has 0 fully saturated rings. The number of benzene rings is 2. The van der Waals surface area contributed by atoms with Crippen molar-refractivity contribution in [1.29, 1.82) is 0 Å². The third kappa shape index (κ3) is 2.78. The minimum Gasteiger partial charge on any atom is -0.258 e. The summed E-state index contributed by atoms with van der Waals surface area (Å²) in [6, 6.07) is 12.3. The second kappa shape index (κ2) is 5.55. The normalized spacial score (nSPS) is 15.6. The Morgan fingerprint density at radius 1 is 1.04 bits per heavy atom. The lowest BCUT2D eigenvalue weighted by molar-refractivity contribution is -0.385. The van der Waals surface area contributed by atoms with E-state index in [2.05, 4.69) is 10.2 Å². The molecule has 2 aromatic carbocycles. The number of rotatable bonds is 4. The molecule has 0 atom stereocenters. The van der Waals surface area contributed by atoms with Crippen LogP contribution in [0.25, 0.3) is 12.2 Å². The van der Waals surface area contributed by atoms with E-state index in [0.717, 1.165) is 17.7 Å². The lowest BCUT2D eigenvalue weighted by atomic mass is 9.95. The Bertz CT molecular complexity index is 839. The van der Waals surface area contributed by atoms with Crippen LogP contribution in [0.2, 0.25) is 0 Å². The van der Waals surface area contributed by atoms with E-state index >= 15 is 0 Å². The molecule has 3 rings (SSSR count). The van der Waals surface area contributed by atoms with Gasteiger partial charge in [0.2, 0.25) is 0 Å². The highest BCUT2D eigenvalue weighted by molar-refractivity contribution is 5.73. The van der Waals surface area contributed by atoms with Gasteiger partial charge in [-0.15, -0.1) is 10.2 Å². The van der Waals surface area contributed by atoms with Crippen molar-refractivity contribution >= 4 is 17.8 Å². The Kier molecular flexibility index (Phi) is 3.67. The van der Waals surface area contributed by atoms with Crippen LogP contribution in [0.1, 0.15) is 16.7 Å². The smallest absolute Gasteiger partial charge is 0.258 e. The molecule has 2 aromatic rings. The quantitative estimate of drug-likeness (QED) is 0.451. The Hall–Kier alpha value is -3.03. The van der Waals surface area contributed by atoms with Gasteiger partial charge in [-0.2, -0.15) is 13.2 Å². The first-order valence-corrected chi connectivity index (χ1v) is 6.86. The van der Waals surface area contributed by atoms with E-state index in [1.54, 1.807) is 30.3 Å². The molecule has 0 radical (unpaired) electrons. The molecule has 24 heavy (non-hydrogen) atoms. The van der Waals surface area contributed by atoms with Crippen LogP contribution >= 0.6 is 0 Å². The largest absolute Gasteiger partial charge is 0.442 e. The van der Waals surface area contributed by atoms with Crippen LogP contribution < -0.4 is 0 Å². The topological polar surface area (TPSA) is 67.9 Å². The maximum absolute atomic E-state index is 13.3. The van der Waals surface area contributed by atoms with Crippen molar-refractivity contribution in [3.8, 4) is 0 Å². The molecule has 0 saturated carbocycles. The van der Waals surface area contributed by atoms with E-state index in [4.69, 9.17) is 0 Å². The predicted octanol–water partition coefficient (Wildman–Crippen LogP) is 4.95. The Morgan fingerprint density at radius 3 is 2.25 bits per heavy atom. The zero-order valence-corrected chi connectivity index (χ0v) is 12.1. The first kappa shape index (κ1) is 15.9. The van der Waals surface area contributed by atoms with Crippen LogP contribution in [0, 0.1) is 10.1 Å². The van der Waals surface area contributed by atoms with Gasteiger partial charge in [-0.25, -0.2) is 0 Å². The van der Waals surface area contributed by atoms with E-state index < -0.39 is 22.4 Å². The minimum absolute atomic E-state index is 0.173. The number of nitro groups is 1. The first-order valence-electron chi connectivity index (χ1n) is 6.86. The van der Waals surface area contributed by atoms with Gasteiger partial charge in [0.1, 0.15) is 0 Å². The fourth-order valence-electron chi connectivity index (χ4n) is 2.28. The number of non-ortho nitro benzene ring substituents is 1. The summed E-state index contributed by atoms with van der Waals surface area (Å²) in [5.41, 5.74) is -2.55. The molecule has 0 saturated heterocycles. The van der Waals surface area contributed by atoms with Gasteiger partial charge < -0.3 is 0 Å². The molecule has 1 heterocycles. The van der Waals surface area contributed by atoms with Gasteiger partial charge in [0.25, 0.3) is 5.69 Å². The fourth-order valence-corrected chi connectivity index (χ4v) is 2.28. The van der Waals surface area contributed by atoms with Crippen LogP contribution in [0.15, 0.2) is 58.8 Å². The molecule has 0 unspecified atom stereocenters. The van der Waals surface area contributed by atoms with Crippen molar-refractivity contribution < 1.29 is 18.1 Å². The van der Waals surface area contributed by atoms with Gasteiger partial charge in [0.15, 0.2) is 0 Å². The zero-order chi connectivity index (χ0) is 17.4. The van der Waals surface area contributed by atoms with E-state index in [1.165, 1.54) is 12.1 Å². The third-order valence-corrected chi connectivity index (χ3v) is 3.57. The number of nitrogens with zero attached hydrogens (tertiary/aromatic N) is 3. The standard InChI is InChI=1S/C16H10F3N3O2/c17-16(18,19)15(20-21-15)14-10-13(22(23)24)9-8-12(14)7-6-11-4-2-1-3-5-11/h1-10H/b7-6+. The van der Waals surface area contributed by atoms with E-state index in [1.807, 2.05) is 6.07 Å². The molecular formula is C16H10F3N3O2. The van der Waals surface area contributed by atoms with Crippen molar-refractivity contribution in [2.45, 2.75) is 11.8 Å². The molecule has 8 heteroatoms. The number of nitro benzene ring substituents is 1. The number of hydrogen-bond acceptors (Lipinski definition) is 4. The summed E-state index contributed by atoms with van der Waals surface area (Å²) in [6.07, 6.45) is -1.67. The van der Waals surface area contributed by atoms with Crippen molar-refractivity contribution in [3.05, 3.63) is 75.3 Å². The Morgan fingerprint density at radius 2 is 1.71 bits per heavy atom. The van der Waals surface area contributed by atoms with Gasteiger partial charge in [-0.05, 0) is 17.2 Å². The first-order chi connectivity index (χ1) is 11.3. The van der Waals surface area contributed by atoms with Gasteiger partial charge in [-0.1, -0.05) is 42.5 Å². The number of alkyl halides is 3. The SMILES string of the molecule is O=[N+]([O-])c1ccc(/C=C/c2ccccc2)c(C2(C(F)(F)F)N=N2)c1. The Labute approximate surface area is 134 Å². The molecule has 0 amide bonds. The summed E-state index contributed by atoms with van der Waals surface area (Å²) < 4.78 is 39.8. The number of halogens is 3. The second-order valence-corrected chi connectivity index (χ2v) is 5.14. The van der Waals surface area contributed by atoms with Crippen molar-refractivity contribution in [3.63, 3.8) is 0 Å². The lowest BCUT2D eigenvalue weighted by Crippen LogP contribution is -2.30. The molecule has 1 aliphatic rings. The maximum atomic E-state index is 13.3. The molecule has 0 aromatic heterocycles. The maximum Gasteiger partial charge on any atom is 0.442 e. The Balaban J connectivity index is 2.07. The summed E-state index contributed by atoms with van der Waals surface area (Å²) >= 11 is 0. The highest BCUT2D eigenvalue weighted by Gasteiger charge is 2.66. The average Bonchev–Trinajstić information content (AvgIpc) is 3.35. The summed E-state index contributed by atoms with van der Waals surface area (Å²) in [4.78, 5) is 10.1. The molecule has 0 aliphatic carbocycles. The van der Waals surface area contributed by atoms with Crippen molar-refractivity contribution in [2.75, 3.05) is 0 Å². The second-order valence-electron chi connectivity index (χ2n) is 5.14. The van der Waals surface area contributed by atoms with Gasteiger partial charge >= 0.3 is 11.8 Å². The number of hydrogen-bond donors (Lipinski definition) is 0. The minimum atomic E-state index is -4.75. The van der Waals surface area contributed by atoms with Crippen molar-refractivity contribution in [1.82, 2.24) is 0 Å². The van der Waals surface area contributed by atoms with Gasteiger partial charge in [0, 0.05) is 17.7 Å². The fraction of sp³-hybridized carbons (Fsp3) is 0.125. The van der Waals surface area contributed by atoms with Crippen LogP contribution in [-0.4, -0.2) is 11.1 Å². The summed E-state index contributed by atoms with van der Waals surface area (Å²) in [7, 11) is 0. The van der Waals surface area contributed by atoms with E-state index in [9.17, 15) is 23.3 Å². The molecule has 0 spiro atoms. The van der Waals surface area contributed by atoms with Gasteiger partial charge in [-0.3, -0.25) is 10.1 Å².